The molecule has 0 spiro atoms. The molecule has 0 unspecified atom stereocenters. The lowest BCUT2D eigenvalue weighted by Gasteiger charge is -1.79. The maximum Gasteiger partial charge on any atom is 0.290 e. The van der Waals surface area contributed by atoms with Crippen molar-refractivity contribution < 1.29 is 9.90 Å². The minimum absolute atomic E-state index is 0.250. The largest absolute Gasteiger partial charge is 0.483 e. The van der Waals surface area contributed by atoms with Crippen molar-refractivity contribution in [2.75, 3.05) is 0 Å². The van der Waals surface area contributed by atoms with Crippen LogP contribution in [-0.4, -0.2) is 16.6 Å². The quantitative estimate of drug-likeness (QED) is 0.541. The second-order valence-corrected chi connectivity index (χ2v) is 2.00. The number of hydrogen-bond donors (Lipinski definition) is 2. The van der Waals surface area contributed by atoms with Crippen LogP contribution in [0, 0.1) is 0 Å². The Bertz CT molecular complexity index is 162. The van der Waals surface area contributed by atoms with Crippen LogP contribution in [0.4, 0.5) is 0 Å². The summed E-state index contributed by atoms with van der Waals surface area (Å²) in [5.74, 6) is 0. The van der Waals surface area contributed by atoms with Gasteiger partial charge in [0.15, 0.2) is 0 Å². The van der Waals surface area contributed by atoms with Crippen LogP contribution in [0.3, 0.4) is 0 Å². The van der Waals surface area contributed by atoms with Crippen molar-refractivity contribution in [3.8, 4) is 0 Å². The Hall–Kier alpha value is -0.770. The number of hydrogen-bond acceptors (Lipinski definition) is 1. The molecule has 0 saturated heterocycles. The molecule has 0 saturated carbocycles. The number of H-pyrrole nitrogens is 1. The molecule has 0 aliphatic carbocycles. The number of aromatic nitrogens is 1. The third-order valence-electron chi connectivity index (χ3n) is 0.806. The lowest BCUT2D eigenvalue weighted by molar-refractivity contribution is -0.122. The zero-order valence-corrected chi connectivity index (χ0v) is 6.84. The molecular weight excluding hydrogens is 198 g/mol. The Labute approximate surface area is 67.2 Å². The van der Waals surface area contributed by atoms with Gasteiger partial charge in [-0.1, -0.05) is 15.9 Å². The van der Waals surface area contributed by atoms with Gasteiger partial charge in [-0.25, -0.2) is 0 Å². The predicted octanol–water partition coefficient (Wildman–Crippen LogP) is 1.61. The molecule has 1 rings (SSSR count). The second kappa shape index (κ2) is 6.35. The van der Waals surface area contributed by atoms with Crippen molar-refractivity contribution in [2.45, 2.75) is 5.33 Å². The van der Waals surface area contributed by atoms with Crippen molar-refractivity contribution in [3.05, 3.63) is 24.0 Å². The van der Waals surface area contributed by atoms with E-state index in [1.165, 1.54) is 5.69 Å². The monoisotopic (exact) mass is 205 g/mol. The number of alkyl halides is 1. The molecule has 3 nitrogen and oxygen atoms in total. The molecule has 4 heteroatoms. The fraction of sp³-hybridized carbons (Fsp3) is 0.167. The average Bonchev–Trinajstić information content (AvgIpc) is 2.39. The fourth-order valence-electron chi connectivity index (χ4n) is 0.451. The minimum atomic E-state index is -0.250. The van der Waals surface area contributed by atoms with Gasteiger partial charge in [0.2, 0.25) is 0 Å². The molecule has 0 atom stereocenters. The highest BCUT2D eigenvalue weighted by Gasteiger charge is 1.82. The van der Waals surface area contributed by atoms with Crippen LogP contribution in [-0.2, 0) is 10.1 Å². The lowest BCUT2D eigenvalue weighted by atomic mass is 10.5. The van der Waals surface area contributed by atoms with Crippen molar-refractivity contribution in [2.24, 2.45) is 0 Å². The SMILES string of the molecule is BrCc1ccc[nH]1.O=CO. The summed E-state index contributed by atoms with van der Waals surface area (Å²) in [7, 11) is 0. The standard InChI is InChI=1S/C5H6BrN.CH2O2/c6-4-5-2-1-3-7-5;2-1-3/h1-3,7H,4H2;1H,(H,2,3). The van der Waals surface area contributed by atoms with E-state index in [9.17, 15) is 0 Å². The van der Waals surface area contributed by atoms with Gasteiger partial charge in [0.05, 0.1) is 0 Å². The molecule has 1 aromatic rings. The Morgan fingerprint density at radius 1 is 1.80 bits per heavy atom. The number of halogens is 1. The molecule has 0 aliphatic heterocycles. The van der Waals surface area contributed by atoms with E-state index in [0.717, 1.165) is 5.33 Å². The summed E-state index contributed by atoms with van der Waals surface area (Å²) in [6, 6.07) is 4.02. The Kier molecular flexibility index (Phi) is 5.86. The highest BCUT2D eigenvalue weighted by atomic mass is 79.9. The van der Waals surface area contributed by atoms with E-state index in [1.54, 1.807) is 0 Å². The highest BCUT2D eigenvalue weighted by Crippen LogP contribution is 1.98. The Morgan fingerprint density at radius 2 is 2.40 bits per heavy atom. The van der Waals surface area contributed by atoms with E-state index >= 15 is 0 Å². The number of aromatic amines is 1. The molecule has 0 radical (unpaired) electrons. The van der Waals surface area contributed by atoms with E-state index in [4.69, 9.17) is 9.90 Å². The van der Waals surface area contributed by atoms with Crippen LogP contribution in [0.15, 0.2) is 18.3 Å². The van der Waals surface area contributed by atoms with E-state index in [2.05, 4.69) is 20.9 Å². The summed E-state index contributed by atoms with van der Waals surface area (Å²) in [5, 5.41) is 7.81. The Morgan fingerprint density at radius 3 is 2.60 bits per heavy atom. The lowest BCUT2D eigenvalue weighted by Crippen LogP contribution is -1.69. The van der Waals surface area contributed by atoms with Crippen molar-refractivity contribution in [3.63, 3.8) is 0 Å². The van der Waals surface area contributed by atoms with Crippen molar-refractivity contribution in [1.82, 2.24) is 4.98 Å². The van der Waals surface area contributed by atoms with Gasteiger partial charge in [-0.15, -0.1) is 0 Å². The first-order valence-corrected chi connectivity index (χ1v) is 3.73. The fourth-order valence-corrected chi connectivity index (χ4v) is 0.799. The number of rotatable bonds is 1. The molecule has 1 heterocycles. The molecule has 0 fully saturated rings. The first-order valence-electron chi connectivity index (χ1n) is 2.61. The molecule has 1 aromatic heterocycles. The number of nitrogens with one attached hydrogen (secondary N) is 1. The first-order chi connectivity index (χ1) is 4.85. The molecule has 0 amide bonds. The summed E-state index contributed by atoms with van der Waals surface area (Å²) in [4.78, 5) is 11.4. The van der Waals surface area contributed by atoms with Crippen LogP contribution in [0.5, 0.6) is 0 Å². The van der Waals surface area contributed by atoms with Gasteiger partial charge in [0.25, 0.3) is 6.47 Å². The molecule has 0 aliphatic rings. The summed E-state index contributed by atoms with van der Waals surface area (Å²) in [6.07, 6.45) is 1.91. The van der Waals surface area contributed by atoms with Gasteiger partial charge in [-0.05, 0) is 12.1 Å². The highest BCUT2D eigenvalue weighted by molar-refractivity contribution is 9.08. The van der Waals surface area contributed by atoms with Gasteiger partial charge in [0, 0.05) is 17.2 Å². The summed E-state index contributed by atoms with van der Waals surface area (Å²) in [6.45, 7) is -0.250. The third-order valence-corrected chi connectivity index (χ3v) is 1.41. The number of carboxylic acid groups (broad SMARTS) is 1. The van der Waals surface area contributed by atoms with E-state index < -0.39 is 0 Å². The number of carbonyl (C=O) groups is 1. The van der Waals surface area contributed by atoms with Gasteiger partial charge < -0.3 is 10.1 Å². The van der Waals surface area contributed by atoms with Gasteiger partial charge in [-0.3, -0.25) is 4.79 Å². The smallest absolute Gasteiger partial charge is 0.290 e. The van der Waals surface area contributed by atoms with Gasteiger partial charge in [-0.2, -0.15) is 0 Å². The summed E-state index contributed by atoms with van der Waals surface area (Å²) < 4.78 is 0. The van der Waals surface area contributed by atoms with Gasteiger partial charge in [0.1, 0.15) is 0 Å². The van der Waals surface area contributed by atoms with Crippen LogP contribution < -0.4 is 0 Å². The minimum Gasteiger partial charge on any atom is -0.483 e. The topological polar surface area (TPSA) is 53.1 Å². The predicted molar refractivity (Wildman–Crippen MR) is 42.1 cm³/mol. The van der Waals surface area contributed by atoms with Crippen molar-refractivity contribution >= 4 is 22.4 Å². The molecule has 2 N–H and O–H groups in total. The summed E-state index contributed by atoms with van der Waals surface area (Å²) in [5.41, 5.74) is 1.22. The van der Waals surface area contributed by atoms with Crippen LogP contribution in [0.2, 0.25) is 0 Å². The van der Waals surface area contributed by atoms with Gasteiger partial charge >= 0.3 is 0 Å². The molecular formula is C6H8BrNO2. The van der Waals surface area contributed by atoms with Crippen LogP contribution in [0.1, 0.15) is 5.69 Å². The normalized spacial score (nSPS) is 7.70. The maximum absolute atomic E-state index is 8.36. The van der Waals surface area contributed by atoms with E-state index in [-0.39, 0.29) is 6.47 Å². The third kappa shape index (κ3) is 4.14. The first kappa shape index (κ1) is 9.23. The van der Waals surface area contributed by atoms with E-state index in [0.29, 0.717) is 0 Å². The van der Waals surface area contributed by atoms with Crippen LogP contribution >= 0.6 is 15.9 Å². The van der Waals surface area contributed by atoms with Crippen molar-refractivity contribution in [1.29, 1.82) is 0 Å². The second-order valence-electron chi connectivity index (χ2n) is 1.43. The zero-order valence-electron chi connectivity index (χ0n) is 5.25. The molecule has 10 heavy (non-hydrogen) atoms. The Balaban J connectivity index is 0.000000236. The maximum atomic E-state index is 8.36. The van der Waals surface area contributed by atoms with Crippen LogP contribution in [0.25, 0.3) is 0 Å². The molecule has 0 bridgehead atoms. The molecule has 56 valence electrons. The van der Waals surface area contributed by atoms with E-state index in [1.807, 2.05) is 18.3 Å². The zero-order chi connectivity index (χ0) is 7.82. The average molecular weight is 206 g/mol. The summed E-state index contributed by atoms with van der Waals surface area (Å²) >= 11 is 3.31. The molecule has 0 aromatic carbocycles.